The topological polar surface area (TPSA) is 148 Å². The Morgan fingerprint density at radius 1 is 1.16 bits per heavy atom. The van der Waals surface area contributed by atoms with E-state index in [1.807, 2.05) is 0 Å². The van der Waals surface area contributed by atoms with E-state index in [0.29, 0.717) is 28.7 Å². The van der Waals surface area contributed by atoms with Crippen LogP contribution >= 0.6 is 23.4 Å². The van der Waals surface area contributed by atoms with Crippen LogP contribution in [0, 0.1) is 5.41 Å². The van der Waals surface area contributed by atoms with Gasteiger partial charge in [-0.1, -0.05) is 36.0 Å². The molecule has 1 atom stereocenters. The zero-order valence-electron chi connectivity index (χ0n) is 24.3. The summed E-state index contributed by atoms with van der Waals surface area (Å²) < 4.78 is 7.72. The van der Waals surface area contributed by atoms with E-state index < -0.39 is 22.9 Å². The van der Waals surface area contributed by atoms with Crippen molar-refractivity contribution < 1.29 is 14.6 Å². The van der Waals surface area contributed by atoms with Gasteiger partial charge in [-0.25, -0.2) is 9.97 Å². The van der Waals surface area contributed by atoms with Crippen LogP contribution in [0.5, 0.6) is 5.88 Å². The molecule has 0 unspecified atom stereocenters. The van der Waals surface area contributed by atoms with Gasteiger partial charge in [-0.15, -0.1) is 0 Å². The molecule has 5 heterocycles. The molecule has 2 aromatic heterocycles. The van der Waals surface area contributed by atoms with E-state index in [9.17, 15) is 14.7 Å². The third-order valence-corrected chi connectivity index (χ3v) is 11.1. The molecule has 4 N–H and O–H groups in total. The summed E-state index contributed by atoms with van der Waals surface area (Å²) in [6.07, 6.45) is 9.32. The minimum atomic E-state index is -0.783. The second-order valence-corrected chi connectivity index (χ2v) is 13.7. The van der Waals surface area contributed by atoms with Crippen molar-refractivity contribution in [2.24, 2.45) is 5.41 Å². The van der Waals surface area contributed by atoms with E-state index in [2.05, 4.69) is 31.7 Å². The molecule has 44 heavy (non-hydrogen) atoms. The molecule has 0 bridgehead atoms. The number of aromatic nitrogens is 4. The number of nitrogen functional groups attached to an aromatic ring is 1. The fraction of sp³-hybridized carbons (Fsp3) is 0.452. The normalized spacial score (nSPS) is 22.2. The lowest BCUT2D eigenvalue weighted by molar-refractivity contribution is -0.0801. The van der Waals surface area contributed by atoms with E-state index in [4.69, 9.17) is 22.1 Å². The number of hydrogen-bond donors (Lipinski definition) is 3. The van der Waals surface area contributed by atoms with E-state index >= 15 is 0 Å². The highest BCUT2D eigenvalue weighted by molar-refractivity contribution is 7.99. The Balaban J connectivity index is 1.02. The molecule has 11 nitrogen and oxygen atoms in total. The van der Waals surface area contributed by atoms with Crippen LogP contribution in [-0.2, 0) is 17.7 Å². The molecule has 230 valence electrons. The number of nitrogens with two attached hydrogens (primary N) is 1. The van der Waals surface area contributed by atoms with Crippen LogP contribution in [0.4, 0.5) is 17.3 Å². The third kappa shape index (κ3) is 5.22. The van der Waals surface area contributed by atoms with E-state index in [-0.39, 0.29) is 27.5 Å². The average molecular weight is 636 g/mol. The fourth-order valence-electron chi connectivity index (χ4n) is 6.57. The number of nitrogens with zero attached hydrogens (tertiary/aromatic N) is 5. The Kier molecular flexibility index (Phi) is 7.33. The molecule has 13 heteroatoms. The van der Waals surface area contributed by atoms with Crippen LogP contribution in [-0.4, -0.2) is 55.8 Å². The van der Waals surface area contributed by atoms with Gasteiger partial charge < -0.3 is 25.8 Å². The summed E-state index contributed by atoms with van der Waals surface area (Å²) in [5.74, 6) is 0.139. The molecule has 4 aliphatic rings. The summed E-state index contributed by atoms with van der Waals surface area (Å²) in [7, 11) is 0. The number of piperidine rings is 1. The summed E-state index contributed by atoms with van der Waals surface area (Å²) >= 11 is 7.91. The highest BCUT2D eigenvalue weighted by Gasteiger charge is 2.54. The van der Waals surface area contributed by atoms with Gasteiger partial charge in [0, 0.05) is 37.4 Å². The Labute approximate surface area is 263 Å². The third-order valence-electron chi connectivity index (χ3n) is 9.54. The fourth-order valence-corrected chi connectivity index (χ4v) is 7.67. The maximum absolute atomic E-state index is 13.1. The Morgan fingerprint density at radius 2 is 1.95 bits per heavy atom. The molecule has 1 aromatic carbocycles. The number of ether oxygens (including phenoxy) is 1. The zero-order chi connectivity index (χ0) is 30.6. The smallest absolute Gasteiger partial charge is 0.270 e. The predicted molar refractivity (Wildman–Crippen MR) is 169 cm³/mol. The van der Waals surface area contributed by atoms with Gasteiger partial charge in [0.1, 0.15) is 16.7 Å². The van der Waals surface area contributed by atoms with Crippen LogP contribution in [0.2, 0.25) is 5.02 Å². The molecule has 3 aromatic rings. The van der Waals surface area contributed by atoms with Crippen molar-refractivity contribution in [3.05, 3.63) is 63.3 Å². The summed E-state index contributed by atoms with van der Waals surface area (Å²) in [5, 5.41) is 13.8. The second kappa shape index (κ2) is 11.1. The Bertz CT molecular complexity index is 1730. The number of halogens is 1. The first-order valence-corrected chi connectivity index (χ1v) is 16.2. The van der Waals surface area contributed by atoms with Crippen molar-refractivity contribution in [3.8, 4) is 5.88 Å². The SMILES string of the molecule is C=C1C[C@]12CCC1(CCN(c3cnc(Sc4cccc(NC(=O)c5c(O)nc6n(c5=O)CCCC6)c4Cl)c(N)n3)CC1)CO2. The summed E-state index contributed by atoms with van der Waals surface area (Å²) in [5.41, 5.74) is 7.10. The number of benzene rings is 1. The van der Waals surface area contributed by atoms with Gasteiger partial charge in [0.25, 0.3) is 11.5 Å². The maximum atomic E-state index is 13.1. The van der Waals surface area contributed by atoms with Crippen molar-refractivity contribution in [2.45, 2.75) is 73.4 Å². The van der Waals surface area contributed by atoms with Gasteiger partial charge in [-0.2, -0.15) is 4.98 Å². The first kappa shape index (κ1) is 29.1. The number of nitrogens with one attached hydrogen (secondary N) is 1. The quantitative estimate of drug-likeness (QED) is 0.334. The number of carbonyl (C=O) groups is 1. The number of hydrogen-bond acceptors (Lipinski definition) is 10. The van der Waals surface area contributed by atoms with Gasteiger partial charge >= 0.3 is 0 Å². The molecular weight excluding hydrogens is 602 g/mol. The molecule has 2 saturated heterocycles. The number of rotatable bonds is 5. The van der Waals surface area contributed by atoms with Crippen molar-refractivity contribution in [2.75, 3.05) is 35.6 Å². The van der Waals surface area contributed by atoms with Crippen LogP contribution in [0.15, 0.2) is 51.3 Å². The number of anilines is 3. The minimum absolute atomic E-state index is 0.0226. The highest BCUT2D eigenvalue weighted by atomic mass is 35.5. The van der Waals surface area contributed by atoms with Crippen molar-refractivity contribution >= 4 is 46.6 Å². The number of fused-ring (bicyclic) bond motifs is 1. The van der Waals surface area contributed by atoms with E-state index in [1.54, 1.807) is 24.4 Å². The average Bonchev–Trinajstić information content (AvgIpc) is 3.66. The number of aromatic hydroxyl groups is 1. The molecule has 1 amide bonds. The molecule has 1 saturated carbocycles. The van der Waals surface area contributed by atoms with Gasteiger partial charge in [-0.05, 0) is 61.6 Å². The van der Waals surface area contributed by atoms with Crippen LogP contribution in [0.25, 0.3) is 0 Å². The van der Waals surface area contributed by atoms with E-state index in [0.717, 1.165) is 64.0 Å². The largest absolute Gasteiger partial charge is 0.493 e. The molecular formula is C31H34ClN7O4S. The lowest BCUT2D eigenvalue weighted by Gasteiger charge is -2.46. The number of aryl methyl sites for hydroxylation is 1. The highest BCUT2D eigenvalue weighted by Crippen LogP contribution is 2.56. The molecule has 0 radical (unpaired) electrons. The van der Waals surface area contributed by atoms with Crippen LogP contribution in [0.1, 0.15) is 61.1 Å². The van der Waals surface area contributed by atoms with E-state index in [1.165, 1.54) is 28.3 Å². The summed E-state index contributed by atoms with van der Waals surface area (Å²) in [4.78, 5) is 42.2. The number of amides is 1. The molecule has 1 aliphatic carbocycles. The van der Waals surface area contributed by atoms with Gasteiger partial charge in [-0.3, -0.25) is 14.2 Å². The Hall–Kier alpha value is -3.61. The van der Waals surface area contributed by atoms with Gasteiger partial charge in [0.2, 0.25) is 5.88 Å². The first-order chi connectivity index (χ1) is 21.2. The first-order valence-electron chi connectivity index (χ1n) is 15.0. The number of carbonyl (C=O) groups excluding carboxylic acids is 1. The van der Waals surface area contributed by atoms with Crippen molar-refractivity contribution in [3.63, 3.8) is 0 Å². The molecule has 3 aliphatic heterocycles. The van der Waals surface area contributed by atoms with Crippen molar-refractivity contribution in [1.29, 1.82) is 0 Å². The van der Waals surface area contributed by atoms with Crippen LogP contribution in [0.3, 0.4) is 0 Å². The maximum Gasteiger partial charge on any atom is 0.270 e. The van der Waals surface area contributed by atoms with Gasteiger partial charge in [0.15, 0.2) is 11.4 Å². The predicted octanol–water partition coefficient (Wildman–Crippen LogP) is 4.81. The lowest BCUT2D eigenvalue weighted by Crippen LogP contribution is -2.46. The monoisotopic (exact) mass is 635 g/mol. The molecule has 3 fully saturated rings. The Morgan fingerprint density at radius 3 is 2.66 bits per heavy atom. The standard InChI is InChI=1S/C31H34ClN7O4S/c1-18-15-31(18)9-8-30(17-43-31)10-13-38(14-11-30)22-16-34-28(25(33)36-22)44-20-6-4-5-19(24(20)32)35-26(40)23-27(41)37-21-7-2-3-12-39(21)29(23)42/h4-6,16,41H,1-3,7-15,17H2,(H2,33,36)(H,35,40)/t31-/m1/s1. The second-order valence-electron chi connectivity index (χ2n) is 12.3. The lowest BCUT2D eigenvalue weighted by atomic mass is 9.73. The van der Waals surface area contributed by atoms with Crippen LogP contribution < -0.4 is 21.5 Å². The van der Waals surface area contributed by atoms with Gasteiger partial charge in [0.05, 0.1) is 29.1 Å². The summed E-state index contributed by atoms with van der Waals surface area (Å²) in [6, 6.07) is 5.12. The summed E-state index contributed by atoms with van der Waals surface area (Å²) in [6.45, 7) is 7.10. The molecule has 7 rings (SSSR count). The molecule has 2 spiro atoms. The van der Waals surface area contributed by atoms with Crippen molar-refractivity contribution in [1.82, 2.24) is 19.5 Å². The minimum Gasteiger partial charge on any atom is -0.493 e. The zero-order valence-corrected chi connectivity index (χ0v) is 25.8.